The quantitative estimate of drug-likeness (QED) is 0.168. The second-order valence-corrected chi connectivity index (χ2v) is 6.98. The van der Waals surface area contributed by atoms with Gasteiger partial charge in [-0.05, 0) is 23.8 Å². The lowest BCUT2D eigenvalue weighted by molar-refractivity contribution is 0.0400. The van der Waals surface area contributed by atoms with E-state index in [2.05, 4.69) is 0 Å². The van der Waals surface area contributed by atoms with Gasteiger partial charge in [-0.25, -0.2) is 0 Å². The number of ether oxygens (including phenoxy) is 10. The molecule has 0 unspecified atom stereocenters. The summed E-state index contributed by atoms with van der Waals surface area (Å²) in [7, 11) is 7.47. The van der Waals surface area contributed by atoms with E-state index in [1.807, 2.05) is 0 Å². The molecule has 2 aromatic carbocycles. The molecule has 0 amide bonds. The lowest BCUT2D eigenvalue weighted by Gasteiger charge is -2.16. The summed E-state index contributed by atoms with van der Waals surface area (Å²) in [4.78, 5) is 13.3. The Morgan fingerprint density at radius 2 is 0.972 bits per heavy atom. The van der Waals surface area contributed by atoms with E-state index in [0.717, 1.165) is 0 Å². The number of methoxy groups -OCH3 is 5. The lowest BCUT2D eigenvalue weighted by atomic mass is 10.1. The van der Waals surface area contributed by atoms with Crippen LogP contribution in [0.1, 0.15) is 15.9 Å². The molecule has 0 saturated carbocycles. The van der Waals surface area contributed by atoms with E-state index in [0.29, 0.717) is 22.8 Å². The first kappa shape index (κ1) is 28.9. The Morgan fingerprint density at radius 3 is 1.39 bits per heavy atom. The van der Waals surface area contributed by atoms with Crippen LogP contribution in [0.15, 0.2) is 36.4 Å². The molecule has 11 nitrogen and oxygen atoms in total. The highest BCUT2D eigenvalue weighted by molar-refractivity contribution is 6.10. The van der Waals surface area contributed by atoms with Gasteiger partial charge in [-0.15, -0.1) is 0 Å². The normalized spacial score (nSPS) is 10.9. The molecule has 0 saturated heterocycles. The Hall–Kier alpha value is -3.35. The number of hydrogen-bond acceptors (Lipinski definition) is 11. The van der Waals surface area contributed by atoms with Crippen molar-refractivity contribution in [3.63, 3.8) is 0 Å². The summed E-state index contributed by atoms with van der Waals surface area (Å²) < 4.78 is 52.7. The Bertz CT molecular complexity index is 919. The van der Waals surface area contributed by atoms with E-state index in [9.17, 15) is 4.79 Å². The number of hydrogen-bond donors (Lipinski definition) is 0. The highest BCUT2D eigenvalue weighted by atomic mass is 16.7. The molecular formula is C25H32O11. The van der Waals surface area contributed by atoms with Crippen molar-refractivity contribution in [3.8, 4) is 28.7 Å². The first-order valence-electron chi connectivity index (χ1n) is 10.7. The summed E-state index contributed by atoms with van der Waals surface area (Å²) in [5.41, 5.74) is 0.801. The van der Waals surface area contributed by atoms with Gasteiger partial charge in [-0.1, -0.05) is 6.08 Å². The van der Waals surface area contributed by atoms with Gasteiger partial charge in [0.25, 0.3) is 0 Å². The lowest BCUT2D eigenvalue weighted by Crippen LogP contribution is -2.10. The third kappa shape index (κ3) is 9.36. The molecule has 0 aliphatic heterocycles. The van der Waals surface area contributed by atoms with E-state index in [4.69, 9.17) is 47.4 Å². The van der Waals surface area contributed by atoms with Gasteiger partial charge in [-0.2, -0.15) is 0 Å². The minimum absolute atomic E-state index is 0.00438. The molecule has 0 bridgehead atoms. The van der Waals surface area contributed by atoms with Crippen molar-refractivity contribution in [2.24, 2.45) is 0 Å². The van der Waals surface area contributed by atoms with E-state index in [-0.39, 0.29) is 51.0 Å². The first-order chi connectivity index (χ1) is 17.6. The fourth-order valence-electron chi connectivity index (χ4n) is 2.86. The summed E-state index contributed by atoms with van der Waals surface area (Å²) in [5.74, 6) is 1.36. The molecule has 0 aliphatic carbocycles. The van der Waals surface area contributed by atoms with Crippen LogP contribution in [0.4, 0.5) is 0 Å². The van der Waals surface area contributed by atoms with E-state index in [1.165, 1.54) is 41.6 Å². The van der Waals surface area contributed by atoms with Crippen molar-refractivity contribution in [1.29, 1.82) is 0 Å². The summed E-state index contributed by atoms with van der Waals surface area (Å²) >= 11 is 0. The number of carbonyl (C=O) groups is 1. The number of rotatable bonds is 18. The van der Waals surface area contributed by atoms with Crippen molar-refractivity contribution in [3.05, 3.63) is 47.5 Å². The van der Waals surface area contributed by atoms with Crippen LogP contribution in [0.2, 0.25) is 0 Å². The van der Waals surface area contributed by atoms with E-state index >= 15 is 0 Å². The van der Waals surface area contributed by atoms with Crippen LogP contribution < -0.4 is 23.7 Å². The maximum Gasteiger partial charge on any atom is 0.193 e. The zero-order valence-electron chi connectivity index (χ0n) is 21.1. The molecule has 11 heteroatoms. The van der Waals surface area contributed by atoms with E-state index in [1.54, 1.807) is 36.4 Å². The molecule has 36 heavy (non-hydrogen) atoms. The minimum atomic E-state index is -0.395. The molecule has 0 N–H and O–H groups in total. The van der Waals surface area contributed by atoms with Crippen LogP contribution >= 0.6 is 0 Å². The van der Waals surface area contributed by atoms with Crippen molar-refractivity contribution < 1.29 is 52.2 Å². The number of carbonyl (C=O) groups excluding carboxylic acids is 1. The standard InChI is InChI=1S/C25H32O11/c1-27-13-32-19-8-18(9-20(10-19)33-14-28-2)6-7-22(26)25-23(35-16-30-4)11-21(34-15-29-3)12-24(25)36-17-31-5/h6-12H,13-17H2,1-5H3. The fraction of sp³-hybridized carbons (Fsp3) is 0.400. The summed E-state index contributed by atoms with van der Waals surface area (Å²) in [6.07, 6.45) is 2.98. The molecule has 198 valence electrons. The van der Waals surface area contributed by atoms with Crippen LogP contribution in [0.5, 0.6) is 28.7 Å². The van der Waals surface area contributed by atoms with Gasteiger partial charge < -0.3 is 47.4 Å². The molecule has 0 spiro atoms. The minimum Gasteiger partial charge on any atom is -0.467 e. The predicted octanol–water partition coefficient (Wildman–Crippen LogP) is 3.50. The van der Waals surface area contributed by atoms with E-state index < -0.39 is 5.78 Å². The third-order valence-electron chi connectivity index (χ3n) is 4.31. The summed E-state index contributed by atoms with van der Waals surface area (Å²) in [6, 6.07) is 8.25. The van der Waals surface area contributed by atoms with Crippen LogP contribution in [0.3, 0.4) is 0 Å². The largest absolute Gasteiger partial charge is 0.467 e. The zero-order chi connectivity index (χ0) is 26.2. The maximum absolute atomic E-state index is 13.3. The molecule has 2 rings (SSSR count). The Kier molecular flexibility index (Phi) is 13.1. The molecule has 0 radical (unpaired) electrons. The van der Waals surface area contributed by atoms with Crippen LogP contribution in [0.25, 0.3) is 6.08 Å². The second kappa shape index (κ2) is 16.3. The van der Waals surface area contributed by atoms with Gasteiger partial charge in [-0.3, -0.25) is 4.79 Å². The second-order valence-electron chi connectivity index (χ2n) is 6.98. The molecule has 0 aliphatic rings. The SMILES string of the molecule is COCOc1cc(C=CC(=O)c2c(OCOC)cc(OCOC)cc2OCOC)cc(OCOC)c1. The zero-order valence-corrected chi connectivity index (χ0v) is 21.1. The maximum atomic E-state index is 13.3. The summed E-state index contributed by atoms with van der Waals surface area (Å²) in [5, 5.41) is 0. The van der Waals surface area contributed by atoms with Crippen LogP contribution in [-0.2, 0) is 23.7 Å². The fourth-order valence-corrected chi connectivity index (χ4v) is 2.86. The van der Waals surface area contributed by atoms with Crippen LogP contribution in [-0.4, -0.2) is 75.3 Å². The van der Waals surface area contributed by atoms with Gasteiger partial charge in [0.15, 0.2) is 39.7 Å². The predicted molar refractivity (Wildman–Crippen MR) is 129 cm³/mol. The highest BCUT2D eigenvalue weighted by Crippen LogP contribution is 2.35. The van der Waals surface area contributed by atoms with Gasteiger partial charge in [0.05, 0.1) is 0 Å². The third-order valence-corrected chi connectivity index (χ3v) is 4.31. The molecular weight excluding hydrogens is 476 g/mol. The van der Waals surface area contributed by atoms with Gasteiger partial charge >= 0.3 is 0 Å². The van der Waals surface area contributed by atoms with Gasteiger partial charge in [0.1, 0.15) is 34.3 Å². The average molecular weight is 509 g/mol. The number of ketones is 1. The van der Waals surface area contributed by atoms with Crippen LogP contribution in [0, 0.1) is 0 Å². The smallest absolute Gasteiger partial charge is 0.193 e. The van der Waals surface area contributed by atoms with Crippen molar-refractivity contribution >= 4 is 11.9 Å². The first-order valence-corrected chi connectivity index (χ1v) is 10.7. The molecule has 0 atom stereocenters. The van der Waals surface area contributed by atoms with Crippen molar-refractivity contribution in [1.82, 2.24) is 0 Å². The molecule has 0 heterocycles. The molecule has 0 fully saturated rings. The Morgan fingerprint density at radius 1 is 0.583 bits per heavy atom. The number of allylic oxidation sites excluding steroid dienone is 1. The van der Waals surface area contributed by atoms with Crippen molar-refractivity contribution in [2.45, 2.75) is 0 Å². The Balaban J connectivity index is 2.43. The van der Waals surface area contributed by atoms with Gasteiger partial charge in [0.2, 0.25) is 0 Å². The Labute approximate surface area is 210 Å². The number of benzene rings is 2. The highest BCUT2D eigenvalue weighted by Gasteiger charge is 2.20. The summed E-state index contributed by atoms with van der Waals surface area (Å²) in [6.45, 7) is -0.0992. The average Bonchev–Trinajstić information content (AvgIpc) is 2.89. The monoisotopic (exact) mass is 508 g/mol. The topological polar surface area (TPSA) is 109 Å². The van der Waals surface area contributed by atoms with Crippen molar-refractivity contribution in [2.75, 3.05) is 69.5 Å². The molecule has 0 aromatic heterocycles. The van der Waals surface area contributed by atoms with Gasteiger partial charge in [0, 0.05) is 53.7 Å². The molecule has 2 aromatic rings.